The maximum atomic E-state index is 7.43. The summed E-state index contributed by atoms with van der Waals surface area (Å²) >= 11 is 0. The number of nitrogens with one attached hydrogen (secondary N) is 1. The molecule has 0 aliphatic carbocycles. The lowest BCUT2D eigenvalue weighted by atomic mass is 10.2. The quantitative estimate of drug-likeness (QED) is 0.557. The third-order valence-electron chi connectivity index (χ3n) is 2.14. The average molecular weight is 192 g/mol. The molecule has 0 amide bonds. The standard InChI is InChI=1S/C10H16N4/c1-4-14(3)10-8(9(11)12)6-5-7(2)13-10/h5-6H,4H2,1-3H3,(H3,11,12). The predicted molar refractivity (Wildman–Crippen MR) is 58.9 cm³/mol. The number of nitrogens with zero attached hydrogens (tertiary/aromatic N) is 2. The molecule has 4 heteroatoms. The number of aromatic nitrogens is 1. The molecule has 1 aromatic rings. The van der Waals surface area contributed by atoms with Crippen LogP contribution in [0.15, 0.2) is 12.1 Å². The fourth-order valence-electron chi connectivity index (χ4n) is 1.19. The molecule has 0 unspecified atom stereocenters. The van der Waals surface area contributed by atoms with Crippen molar-refractivity contribution in [2.75, 3.05) is 18.5 Å². The van der Waals surface area contributed by atoms with Crippen molar-refractivity contribution < 1.29 is 0 Å². The van der Waals surface area contributed by atoms with Crippen molar-refractivity contribution in [3.63, 3.8) is 0 Å². The summed E-state index contributed by atoms with van der Waals surface area (Å²) in [7, 11) is 1.94. The van der Waals surface area contributed by atoms with Crippen molar-refractivity contribution in [3.8, 4) is 0 Å². The van der Waals surface area contributed by atoms with Gasteiger partial charge in [0.15, 0.2) is 0 Å². The predicted octanol–water partition coefficient (Wildman–Crippen LogP) is 1.13. The molecule has 0 aromatic carbocycles. The summed E-state index contributed by atoms with van der Waals surface area (Å²) in [5, 5.41) is 7.43. The zero-order valence-electron chi connectivity index (χ0n) is 8.83. The third-order valence-corrected chi connectivity index (χ3v) is 2.14. The Hall–Kier alpha value is -1.58. The van der Waals surface area contributed by atoms with Gasteiger partial charge in [0.2, 0.25) is 0 Å². The monoisotopic (exact) mass is 192 g/mol. The molecule has 1 rings (SSSR count). The number of nitrogen functional groups attached to an aromatic ring is 1. The lowest BCUT2D eigenvalue weighted by molar-refractivity contribution is 0.927. The zero-order chi connectivity index (χ0) is 10.7. The Morgan fingerprint density at radius 2 is 2.21 bits per heavy atom. The number of hydrogen-bond acceptors (Lipinski definition) is 3. The molecule has 0 radical (unpaired) electrons. The van der Waals surface area contributed by atoms with Crippen LogP contribution in [0.1, 0.15) is 18.2 Å². The smallest absolute Gasteiger partial charge is 0.139 e. The summed E-state index contributed by atoms with van der Waals surface area (Å²) in [5.74, 6) is 0.841. The number of anilines is 1. The molecule has 0 fully saturated rings. The van der Waals surface area contributed by atoms with Gasteiger partial charge in [-0.05, 0) is 26.0 Å². The maximum Gasteiger partial charge on any atom is 0.139 e. The van der Waals surface area contributed by atoms with Crippen LogP contribution in [-0.2, 0) is 0 Å². The summed E-state index contributed by atoms with van der Waals surface area (Å²) in [5.41, 5.74) is 7.10. The first-order chi connectivity index (χ1) is 6.56. The lowest BCUT2D eigenvalue weighted by Gasteiger charge is -2.19. The molecule has 1 heterocycles. The fraction of sp³-hybridized carbons (Fsp3) is 0.400. The molecule has 0 bridgehead atoms. The van der Waals surface area contributed by atoms with Crippen molar-refractivity contribution in [3.05, 3.63) is 23.4 Å². The highest BCUT2D eigenvalue weighted by molar-refractivity contribution is 5.99. The van der Waals surface area contributed by atoms with Gasteiger partial charge in [-0.3, -0.25) is 5.41 Å². The Morgan fingerprint density at radius 1 is 1.57 bits per heavy atom. The van der Waals surface area contributed by atoms with Gasteiger partial charge in [-0.1, -0.05) is 0 Å². The van der Waals surface area contributed by atoms with E-state index in [1.807, 2.05) is 37.9 Å². The number of pyridine rings is 1. The van der Waals surface area contributed by atoms with E-state index >= 15 is 0 Å². The third kappa shape index (κ3) is 2.02. The molecule has 0 aliphatic rings. The summed E-state index contributed by atoms with van der Waals surface area (Å²) in [6, 6.07) is 3.70. The molecule has 0 atom stereocenters. The van der Waals surface area contributed by atoms with E-state index in [0.717, 1.165) is 18.1 Å². The Kier molecular flexibility index (Phi) is 3.06. The van der Waals surface area contributed by atoms with Gasteiger partial charge in [-0.15, -0.1) is 0 Å². The second-order valence-corrected chi connectivity index (χ2v) is 3.25. The highest BCUT2D eigenvalue weighted by Gasteiger charge is 2.09. The molecule has 0 spiro atoms. The fourth-order valence-corrected chi connectivity index (χ4v) is 1.19. The molecule has 0 saturated carbocycles. The molecule has 3 N–H and O–H groups in total. The minimum Gasteiger partial charge on any atom is -0.384 e. The first kappa shape index (κ1) is 10.5. The van der Waals surface area contributed by atoms with Crippen LogP contribution in [0.4, 0.5) is 5.82 Å². The Bertz CT molecular complexity index is 346. The van der Waals surface area contributed by atoms with Crippen molar-refractivity contribution in [2.24, 2.45) is 5.73 Å². The number of aryl methyl sites for hydroxylation is 1. The van der Waals surface area contributed by atoms with Gasteiger partial charge in [0, 0.05) is 19.3 Å². The molecule has 14 heavy (non-hydrogen) atoms. The molecular formula is C10H16N4. The summed E-state index contributed by atoms with van der Waals surface area (Å²) in [4.78, 5) is 6.35. The topological polar surface area (TPSA) is 66.0 Å². The summed E-state index contributed by atoms with van der Waals surface area (Å²) in [6.45, 7) is 4.81. The Balaban J connectivity index is 3.22. The average Bonchev–Trinajstić information content (AvgIpc) is 2.16. The van der Waals surface area contributed by atoms with Gasteiger partial charge in [-0.2, -0.15) is 0 Å². The maximum absolute atomic E-state index is 7.43. The van der Waals surface area contributed by atoms with E-state index in [-0.39, 0.29) is 5.84 Å². The summed E-state index contributed by atoms with van der Waals surface area (Å²) < 4.78 is 0. The minimum absolute atomic E-state index is 0.0628. The van der Waals surface area contributed by atoms with Crippen LogP contribution < -0.4 is 10.6 Å². The Morgan fingerprint density at radius 3 is 2.71 bits per heavy atom. The van der Waals surface area contributed by atoms with E-state index in [9.17, 15) is 0 Å². The largest absolute Gasteiger partial charge is 0.384 e. The highest BCUT2D eigenvalue weighted by Crippen LogP contribution is 2.16. The van der Waals surface area contributed by atoms with E-state index < -0.39 is 0 Å². The Labute approximate surface area is 84.3 Å². The van der Waals surface area contributed by atoms with Crippen molar-refractivity contribution >= 4 is 11.7 Å². The molecule has 0 aliphatic heterocycles. The molecule has 76 valence electrons. The summed E-state index contributed by atoms with van der Waals surface area (Å²) in [6.07, 6.45) is 0. The van der Waals surface area contributed by atoms with Crippen LogP contribution in [0.2, 0.25) is 0 Å². The molecular weight excluding hydrogens is 176 g/mol. The minimum atomic E-state index is 0.0628. The second-order valence-electron chi connectivity index (χ2n) is 3.25. The first-order valence-electron chi connectivity index (χ1n) is 4.59. The van der Waals surface area contributed by atoms with Gasteiger partial charge >= 0.3 is 0 Å². The number of nitrogens with two attached hydrogens (primary N) is 1. The van der Waals surface area contributed by atoms with Crippen LogP contribution >= 0.6 is 0 Å². The second kappa shape index (κ2) is 4.09. The van der Waals surface area contributed by atoms with E-state index in [0.29, 0.717) is 5.56 Å². The first-order valence-corrected chi connectivity index (χ1v) is 4.59. The zero-order valence-corrected chi connectivity index (χ0v) is 8.83. The van der Waals surface area contributed by atoms with Crippen molar-refractivity contribution in [1.82, 2.24) is 4.98 Å². The van der Waals surface area contributed by atoms with E-state index in [1.165, 1.54) is 0 Å². The number of amidine groups is 1. The van der Waals surface area contributed by atoms with Gasteiger partial charge < -0.3 is 10.6 Å². The number of rotatable bonds is 3. The molecule has 1 aromatic heterocycles. The van der Waals surface area contributed by atoms with Gasteiger partial charge in [0.05, 0.1) is 5.56 Å². The van der Waals surface area contributed by atoms with Crippen LogP contribution in [0.5, 0.6) is 0 Å². The molecule has 4 nitrogen and oxygen atoms in total. The van der Waals surface area contributed by atoms with Gasteiger partial charge in [0.25, 0.3) is 0 Å². The van der Waals surface area contributed by atoms with Crippen LogP contribution in [0.3, 0.4) is 0 Å². The van der Waals surface area contributed by atoms with E-state index in [2.05, 4.69) is 4.98 Å². The van der Waals surface area contributed by atoms with Crippen LogP contribution in [0, 0.1) is 12.3 Å². The SMILES string of the molecule is CCN(C)c1nc(C)ccc1C(=N)N. The van der Waals surface area contributed by atoms with Crippen molar-refractivity contribution in [1.29, 1.82) is 5.41 Å². The van der Waals surface area contributed by atoms with Crippen LogP contribution in [-0.4, -0.2) is 24.4 Å². The highest BCUT2D eigenvalue weighted by atomic mass is 15.2. The van der Waals surface area contributed by atoms with Crippen LogP contribution in [0.25, 0.3) is 0 Å². The van der Waals surface area contributed by atoms with E-state index in [4.69, 9.17) is 11.1 Å². The van der Waals surface area contributed by atoms with Gasteiger partial charge in [0.1, 0.15) is 11.7 Å². The van der Waals surface area contributed by atoms with E-state index in [1.54, 1.807) is 0 Å². The normalized spacial score (nSPS) is 9.93. The molecule has 0 saturated heterocycles. The van der Waals surface area contributed by atoms with Crippen molar-refractivity contribution in [2.45, 2.75) is 13.8 Å². The number of hydrogen-bond donors (Lipinski definition) is 2. The lowest BCUT2D eigenvalue weighted by Crippen LogP contribution is -2.23. The van der Waals surface area contributed by atoms with Gasteiger partial charge in [-0.25, -0.2) is 4.98 Å².